The first-order chi connectivity index (χ1) is 12.7. The van der Waals surface area contributed by atoms with Crippen molar-refractivity contribution in [1.82, 2.24) is 0 Å². The van der Waals surface area contributed by atoms with Crippen molar-refractivity contribution >= 4 is 5.97 Å². The lowest BCUT2D eigenvalue weighted by Crippen LogP contribution is -1.89. The van der Waals surface area contributed by atoms with Crippen LogP contribution in [0.5, 0.6) is 0 Å². The molecule has 0 aromatic rings. The molecule has 0 amide bonds. The highest BCUT2D eigenvalue weighted by Gasteiger charge is 1.96. The highest BCUT2D eigenvalue weighted by atomic mass is 16.4. The first-order valence-electron chi connectivity index (χ1n) is 10.2. The van der Waals surface area contributed by atoms with E-state index in [4.69, 9.17) is 5.11 Å². The lowest BCUT2D eigenvalue weighted by atomic mass is 10.0. The Balaban J connectivity index is 4.08. The molecule has 0 atom stereocenters. The normalized spacial score (nSPS) is 13.7. The van der Waals surface area contributed by atoms with Crippen molar-refractivity contribution in [3.63, 3.8) is 0 Å². The Hall–Kier alpha value is -1.83. The highest BCUT2D eigenvalue weighted by Crippen LogP contribution is 2.14. The van der Waals surface area contributed by atoms with E-state index in [0.29, 0.717) is 0 Å². The SMILES string of the molecule is CC(C)=CCC/C(C)=C/CC/C(C)=C/CC/C(C)=C/CC/C(C)=C\C(=O)O. The van der Waals surface area contributed by atoms with Crippen LogP contribution in [0, 0.1) is 0 Å². The largest absolute Gasteiger partial charge is 0.478 e. The molecule has 0 fully saturated rings. The lowest BCUT2D eigenvalue weighted by Gasteiger charge is -2.03. The van der Waals surface area contributed by atoms with Gasteiger partial charge in [-0.25, -0.2) is 4.79 Å². The molecule has 0 aliphatic carbocycles. The second kappa shape index (κ2) is 15.2. The van der Waals surface area contributed by atoms with Crippen LogP contribution in [-0.2, 0) is 4.79 Å². The maximum absolute atomic E-state index is 10.6. The minimum Gasteiger partial charge on any atom is -0.478 e. The summed E-state index contributed by atoms with van der Waals surface area (Å²) in [4.78, 5) is 10.6. The van der Waals surface area contributed by atoms with E-state index in [1.807, 2.05) is 6.92 Å². The Kier molecular flexibility index (Phi) is 14.2. The van der Waals surface area contributed by atoms with E-state index in [-0.39, 0.29) is 0 Å². The fraction of sp³-hybridized carbons (Fsp3) is 0.560. The van der Waals surface area contributed by atoms with Gasteiger partial charge in [0.25, 0.3) is 0 Å². The van der Waals surface area contributed by atoms with Crippen LogP contribution < -0.4 is 0 Å². The minimum atomic E-state index is -0.855. The number of hydrogen-bond donors (Lipinski definition) is 1. The van der Waals surface area contributed by atoms with E-state index in [0.717, 1.165) is 50.5 Å². The van der Waals surface area contributed by atoms with E-state index in [1.165, 1.54) is 34.8 Å². The van der Waals surface area contributed by atoms with Gasteiger partial charge in [0.2, 0.25) is 0 Å². The summed E-state index contributed by atoms with van der Waals surface area (Å²) in [6.07, 6.45) is 19.1. The number of allylic oxidation sites excluding steroid dienone is 9. The predicted molar refractivity (Wildman–Crippen MR) is 119 cm³/mol. The molecular formula is C25H40O2. The van der Waals surface area contributed by atoms with Crippen molar-refractivity contribution < 1.29 is 9.90 Å². The van der Waals surface area contributed by atoms with E-state index >= 15 is 0 Å². The van der Waals surface area contributed by atoms with E-state index in [2.05, 4.69) is 58.9 Å². The maximum Gasteiger partial charge on any atom is 0.328 e. The summed E-state index contributed by atoms with van der Waals surface area (Å²) in [5.74, 6) is -0.855. The second-order valence-electron chi connectivity index (χ2n) is 7.92. The molecule has 2 heteroatoms. The summed E-state index contributed by atoms with van der Waals surface area (Å²) in [5, 5.41) is 8.71. The number of carboxylic acids is 1. The van der Waals surface area contributed by atoms with Gasteiger partial charge in [0.05, 0.1) is 0 Å². The van der Waals surface area contributed by atoms with Gasteiger partial charge in [0.15, 0.2) is 0 Å². The van der Waals surface area contributed by atoms with Gasteiger partial charge in [0.1, 0.15) is 0 Å². The molecular weight excluding hydrogens is 332 g/mol. The van der Waals surface area contributed by atoms with Crippen molar-refractivity contribution in [1.29, 1.82) is 0 Å². The molecule has 27 heavy (non-hydrogen) atoms. The summed E-state index contributed by atoms with van der Waals surface area (Å²) < 4.78 is 0. The standard InChI is InChI=1S/C25H40O2/c1-20(2)11-7-12-21(3)13-8-14-22(4)15-9-16-23(5)17-10-18-24(6)19-25(26)27/h11,13,15,17,19H,7-10,12,14,16,18H2,1-6H3,(H,26,27)/b21-13+,22-15+,23-17+,24-19-. The van der Waals surface area contributed by atoms with Crippen LogP contribution in [0.3, 0.4) is 0 Å². The van der Waals surface area contributed by atoms with Gasteiger partial charge >= 0.3 is 5.97 Å². The Morgan fingerprint density at radius 3 is 1.26 bits per heavy atom. The molecule has 2 nitrogen and oxygen atoms in total. The van der Waals surface area contributed by atoms with Crippen molar-refractivity contribution in [2.24, 2.45) is 0 Å². The van der Waals surface area contributed by atoms with Crippen molar-refractivity contribution in [3.05, 3.63) is 58.2 Å². The molecule has 152 valence electrons. The first kappa shape index (κ1) is 25.2. The van der Waals surface area contributed by atoms with Crippen LogP contribution in [-0.4, -0.2) is 11.1 Å². The summed E-state index contributed by atoms with van der Waals surface area (Å²) >= 11 is 0. The molecule has 0 aromatic heterocycles. The number of rotatable bonds is 13. The van der Waals surface area contributed by atoms with Gasteiger partial charge in [0, 0.05) is 6.08 Å². The Bertz CT molecular complexity index is 594. The smallest absolute Gasteiger partial charge is 0.328 e. The molecule has 0 aliphatic rings. The average molecular weight is 373 g/mol. The predicted octanol–water partition coefficient (Wildman–Crippen LogP) is 7.94. The molecule has 0 aliphatic heterocycles. The van der Waals surface area contributed by atoms with Gasteiger partial charge in [-0.3, -0.25) is 0 Å². The molecule has 0 aromatic carbocycles. The zero-order chi connectivity index (χ0) is 20.7. The minimum absolute atomic E-state index is 0.817. The lowest BCUT2D eigenvalue weighted by molar-refractivity contribution is -0.131. The molecule has 0 saturated heterocycles. The van der Waals surface area contributed by atoms with Gasteiger partial charge in [-0.2, -0.15) is 0 Å². The highest BCUT2D eigenvalue weighted by molar-refractivity contribution is 5.80. The number of hydrogen-bond acceptors (Lipinski definition) is 1. The van der Waals surface area contributed by atoms with Gasteiger partial charge < -0.3 is 5.11 Å². The number of carboxylic acid groups (broad SMARTS) is 1. The van der Waals surface area contributed by atoms with Crippen LogP contribution >= 0.6 is 0 Å². The molecule has 0 bridgehead atoms. The second-order valence-corrected chi connectivity index (χ2v) is 7.92. The average Bonchev–Trinajstić information content (AvgIpc) is 2.53. The topological polar surface area (TPSA) is 37.3 Å². The monoisotopic (exact) mass is 372 g/mol. The first-order valence-corrected chi connectivity index (χ1v) is 10.2. The van der Waals surface area contributed by atoms with E-state index in [9.17, 15) is 4.79 Å². The van der Waals surface area contributed by atoms with Gasteiger partial charge in [-0.1, -0.05) is 52.2 Å². The Labute approximate surface area is 167 Å². The summed E-state index contributed by atoms with van der Waals surface area (Å²) in [5.41, 5.74) is 6.67. The van der Waals surface area contributed by atoms with Crippen LogP contribution in [0.25, 0.3) is 0 Å². The fourth-order valence-electron chi connectivity index (χ4n) is 2.82. The third-order valence-corrected chi connectivity index (χ3v) is 4.56. The maximum atomic E-state index is 10.6. The van der Waals surface area contributed by atoms with Crippen LogP contribution in [0.4, 0.5) is 0 Å². The third kappa shape index (κ3) is 17.3. The molecule has 0 saturated carbocycles. The zero-order valence-corrected chi connectivity index (χ0v) is 18.4. The van der Waals surface area contributed by atoms with Crippen LogP contribution in [0.1, 0.15) is 92.9 Å². The zero-order valence-electron chi connectivity index (χ0n) is 18.4. The Morgan fingerprint density at radius 1 is 0.593 bits per heavy atom. The quantitative estimate of drug-likeness (QED) is 0.263. The molecule has 0 heterocycles. The van der Waals surface area contributed by atoms with E-state index in [1.54, 1.807) is 0 Å². The summed E-state index contributed by atoms with van der Waals surface area (Å²) in [6, 6.07) is 0. The molecule has 1 N–H and O–H groups in total. The Morgan fingerprint density at radius 2 is 0.926 bits per heavy atom. The van der Waals surface area contributed by atoms with Crippen LogP contribution in [0.15, 0.2) is 58.2 Å². The third-order valence-electron chi connectivity index (χ3n) is 4.56. The molecule has 0 spiro atoms. The summed E-state index contributed by atoms with van der Waals surface area (Å²) in [7, 11) is 0. The fourth-order valence-corrected chi connectivity index (χ4v) is 2.82. The van der Waals surface area contributed by atoms with Crippen LogP contribution in [0.2, 0.25) is 0 Å². The van der Waals surface area contributed by atoms with Crippen molar-refractivity contribution in [3.8, 4) is 0 Å². The van der Waals surface area contributed by atoms with E-state index < -0.39 is 5.97 Å². The van der Waals surface area contributed by atoms with Crippen molar-refractivity contribution in [2.75, 3.05) is 0 Å². The number of carbonyl (C=O) groups is 1. The van der Waals surface area contributed by atoms with Crippen molar-refractivity contribution in [2.45, 2.75) is 92.9 Å². The molecule has 0 rings (SSSR count). The van der Waals surface area contributed by atoms with Gasteiger partial charge in [-0.05, 0) is 92.9 Å². The van der Waals surface area contributed by atoms with Gasteiger partial charge in [-0.15, -0.1) is 0 Å². The summed E-state index contributed by atoms with van der Waals surface area (Å²) in [6.45, 7) is 12.8. The molecule has 0 unspecified atom stereocenters. The number of aliphatic carboxylic acids is 1. The molecule has 0 radical (unpaired) electrons.